The molecule has 2 amide bonds. The molecule has 0 aromatic heterocycles. The van der Waals surface area contributed by atoms with E-state index in [0.29, 0.717) is 10.6 Å². The molecule has 7 nitrogen and oxygen atoms in total. The molecule has 1 heterocycles. The lowest BCUT2D eigenvalue weighted by atomic mass is 9.87. The van der Waals surface area contributed by atoms with Crippen LogP contribution in [0.2, 0.25) is 10.0 Å². The van der Waals surface area contributed by atoms with Gasteiger partial charge in [-0.15, -0.1) is 0 Å². The molecule has 2 aromatic carbocycles. The molecule has 1 aliphatic heterocycles. The summed E-state index contributed by atoms with van der Waals surface area (Å²) >= 11 is 12.5. The molecule has 0 bridgehead atoms. The van der Waals surface area contributed by atoms with Crippen molar-refractivity contribution in [3.63, 3.8) is 0 Å². The largest absolute Gasteiger partial charge is 0.368 e. The number of halogens is 2. The number of nitrogens with two attached hydrogens (primary N) is 1. The number of nitrogens with one attached hydrogen (secondary N) is 1. The number of sulfonamides is 1. The van der Waals surface area contributed by atoms with Crippen LogP contribution >= 0.6 is 23.2 Å². The first-order chi connectivity index (χ1) is 17.4. The van der Waals surface area contributed by atoms with Gasteiger partial charge in [0.1, 0.15) is 6.04 Å². The third-order valence-corrected chi connectivity index (χ3v) is 9.83. The van der Waals surface area contributed by atoms with E-state index in [-0.39, 0.29) is 17.0 Å². The summed E-state index contributed by atoms with van der Waals surface area (Å²) in [4.78, 5) is 26.1. The van der Waals surface area contributed by atoms with Crippen LogP contribution in [0.5, 0.6) is 0 Å². The fourth-order valence-electron chi connectivity index (χ4n) is 4.39. The van der Waals surface area contributed by atoms with Gasteiger partial charge >= 0.3 is 0 Å². The summed E-state index contributed by atoms with van der Waals surface area (Å²) < 4.78 is 28.3. The van der Waals surface area contributed by atoms with E-state index in [1.165, 1.54) is 4.31 Å². The summed E-state index contributed by atoms with van der Waals surface area (Å²) in [7, 11) is -3.95. The minimum atomic E-state index is -3.95. The normalized spacial score (nSPS) is 19.6. The van der Waals surface area contributed by atoms with E-state index in [1.54, 1.807) is 45.0 Å². The summed E-state index contributed by atoms with van der Waals surface area (Å²) in [6, 6.07) is 11.3. The fourth-order valence-corrected chi connectivity index (χ4v) is 6.52. The number of benzene rings is 2. The SMILES string of the molecule is CC(C)(C)[C@@H]1C=C(C(=O)N[C@@H](Cc2ccccc2)C(N)=O)[C@H](c2ccc(Cl)c(Cl)c2)N1S(=O)(=O)C(C)(C)C. The molecule has 0 radical (unpaired) electrons. The van der Waals surface area contributed by atoms with Crippen molar-refractivity contribution in [2.45, 2.75) is 70.8 Å². The second-order valence-corrected chi connectivity index (χ2v) is 15.0. The highest BCUT2D eigenvalue weighted by atomic mass is 35.5. The standard InChI is InChI=1S/C28H35Cl2N3O4S/c1-27(2,3)23-16-19(26(35)32-22(25(31)34)14-17-10-8-7-9-11-17)24(18-12-13-20(29)21(30)15-18)33(23)38(36,37)28(4,5)6/h7-13,15-16,22-24H,14H2,1-6H3,(H2,31,34)(H,32,35)/t22-,23-,24-/m0/s1. The Morgan fingerprint density at radius 1 is 1.00 bits per heavy atom. The lowest BCUT2D eigenvalue weighted by molar-refractivity contribution is -0.125. The average molecular weight is 581 g/mol. The Balaban J connectivity index is 2.14. The lowest BCUT2D eigenvalue weighted by Gasteiger charge is -2.40. The number of rotatable bonds is 7. The summed E-state index contributed by atoms with van der Waals surface area (Å²) in [5, 5.41) is 3.29. The molecular weight excluding hydrogens is 545 g/mol. The van der Waals surface area contributed by atoms with Crippen molar-refractivity contribution < 1.29 is 18.0 Å². The topological polar surface area (TPSA) is 110 Å². The highest BCUT2D eigenvalue weighted by Gasteiger charge is 2.52. The second-order valence-electron chi connectivity index (χ2n) is 11.6. The van der Waals surface area contributed by atoms with Crippen molar-refractivity contribution in [3.05, 3.63) is 81.4 Å². The van der Waals surface area contributed by atoms with E-state index >= 15 is 0 Å². The molecule has 0 fully saturated rings. The van der Waals surface area contributed by atoms with E-state index in [1.807, 2.05) is 51.1 Å². The molecule has 206 valence electrons. The summed E-state index contributed by atoms with van der Waals surface area (Å²) in [5.41, 5.74) is 6.58. The maximum Gasteiger partial charge on any atom is 0.249 e. The Hall–Kier alpha value is -2.39. The number of amides is 2. The molecule has 38 heavy (non-hydrogen) atoms. The monoisotopic (exact) mass is 579 g/mol. The van der Waals surface area contributed by atoms with Crippen LogP contribution in [-0.4, -0.2) is 41.4 Å². The zero-order valence-corrected chi connectivity index (χ0v) is 24.8. The van der Waals surface area contributed by atoms with E-state index in [4.69, 9.17) is 28.9 Å². The maximum absolute atomic E-state index is 14.0. The molecule has 0 spiro atoms. The molecule has 1 aliphatic rings. The van der Waals surface area contributed by atoms with Crippen LogP contribution in [0.4, 0.5) is 0 Å². The zero-order valence-electron chi connectivity index (χ0n) is 22.5. The quantitative estimate of drug-likeness (QED) is 0.479. The van der Waals surface area contributed by atoms with Crippen molar-refractivity contribution in [3.8, 4) is 0 Å². The van der Waals surface area contributed by atoms with Crippen LogP contribution in [0, 0.1) is 5.41 Å². The fraction of sp³-hybridized carbons (Fsp3) is 0.429. The maximum atomic E-state index is 14.0. The molecule has 3 rings (SSSR count). The van der Waals surface area contributed by atoms with Gasteiger partial charge < -0.3 is 11.1 Å². The van der Waals surface area contributed by atoms with E-state index in [0.717, 1.165) is 5.56 Å². The van der Waals surface area contributed by atoms with Crippen molar-refractivity contribution in [1.29, 1.82) is 0 Å². The third kappa shape index (κ3) is 6.25. The molecule has 0 aliphatic carbocycles. The molecule has 3 N–H and O–H groups in total. The van der Waals surface area contributed by atoms with Gasteiger partial charge in [0.05, 0.1) is 20.8 Å². The van der Waals surface area contributed by atoms with Gasteiger partial charge in [-0.2, -0.15) is 4.31 Å². The number of nitrogens with zero attached hydrogens (tertiary/aromatic N) is 1. The molecule has 0 saturated heterocycles. The number of carbonyl (C=O) groups excluding carboxylic acids is 2. The first kappa shape index (κ1) is 30.2. The van der Waals surface area contributed by atoms with Gasteiger partial charge in [0.25, 0.3) is 0 Å². The van der Waals surface area contributed by atoms with Crippen LogP contribution in [0.15, 0.2) is 60.2 Å². The van der Waals surface area contributed by atoms with Crippen molar-refractivity contribution in [2.75, 3.05) is 0 Å². The van der Waals surface area contributed by atoms with E-state index < -0.39 is 50.1 Å². The Bertz CT molecular complexity index is 1350. The molecule has 2 aromatic rings. The molecule has 0 saturated carbocycles. The molecule has 10 heteroatoms. The van der Waals surface area contributed by atoms with Crippen molar-refractivity contribution >= 4 is 45.0 Å². The number of carbonyl (C=O) groups is 2. The van der Waals surface area contributed by atoms with Crippen LogP contribution in [0.3, 0.4) is 0 Å². The minimum absolute atomic E-state index is 0.190. The van der Waals surface area contributed by atoms with Crippen LogP contribution in [0.25, 0.3) is 0 Å². The first-order valence-electron chi connectivity index (χ1n) is 12.3. The number of hydrogen-bond acceptors (Lipinski definition) is 4. The van der Waals surface area contributed by atoms with Crippen LogP contribution in [0.1, 0.15) is 58.7 Å². The number of primary amides is 1. The van der Waals surface area contributed by atoms with Gasteiger partial charge in [-0.05, 0) is 49.4 Å². The summed E-state index contributed by atoms with van der Waals surface area (Å²) in [5.74, 6) is -1.28. The number of hydrogen-bond donors (Lipinski definition) is 2. The van der Waals surface area contributed by atoms with Crippen LogP contribution < -0.4 is 11.1 Å². The van der Waals surface area contributed by atoms with Crippen molar-refractivity contribution in [2.24, 2.45) is 11.1 Å². The molecule has 0 unspecified atom stereocenters. The smallest absolute Gasteiger partial charge is 0.249 e. The van der Waals surface area contributed by atoms with Gasteiger partial charge in [-0.1, -0.05) is 86.4 Å². The Morgan fingerprint density at radius 2 is 1.61 bits per heavy atom. The second kappa shape index (κ2) is 11.0. The van der Waals surface area contributed by atoms with Gasteiger partial charge in [0.15, 0.2) is 0 Å². The third-order valence-electron chi connectivity index (χ3n) is 6.55. The highest BCUT2D eigenvalue weighted by Crippen LogP contribution is 2.47. The molecule has 3 atom stereocenters. The Labute approximate surface area is 235 Å². The lowest BCUT2D eigenvalue weighted by Crippen LogP contribution is -2.51. The van der Waals surface area contributed by atoms with E-state index in [9.17, 15) is 18.0 Å². The van der Waals surface area contributed by atoms with E-state index in [2.05, 4.69) is 5.32 Å². The van der Waals surface area contributed by atoms with Crippen molar-refractivity contribution in [1.82, 2.24) is 9.62 Å². The van der Waals surface area contributed by atoms with Gasteiger partial charge in [-0.25, -0.2) is 8.42 Å². The Kier molecular flexibility index (Phi) is 8.73. The first-order valence-corrected chi connectivity index (χ1v) is 14.5. The summed E-state index contributed by atoms with van der Waals surface area (Å²) in [6.45, 7) is 10.6. The van der Waals surface area contributed by atoms with Gasteiger partial charge in [-0.3, -0.25) is 9.59 Å². The van der Waals surface area contributed by atoms with Gasteiger partial charge in [0, 0.05) is 18.0 Å². The van der Waals surface area contributed by atoms with Gasteiger partial charge in [0.2, 0.25) is 21.8 Å². The highest BCUT2D eigenvalue weighted by molar-refractivity contribution is 7.90. The summed E-state index contributed by atoms with van der Waals surface area (Å²) in [6.07, 6.45) is 1.87. The predicted octanol–water partition coefficient (Wildman–Crippen LogP) is 5.03. The average Bonchev–Trinajstić information content (AvgIpc) is 3.22. The Morgan fingerprint density at radius 3 is 2.11 bits per heavy atom. The molecular formula is C28H35Cl2N3O4S. The minimum Gasteiger partial charge on any atom is -0.368 e. The van der Waals surface area contributed by atoms with Crippen LogP contribution in [-0.2, 0) is 26.0 Å². The predicted molar refractivity (Wildman–Crippen MR) is 152 cm³/mol. The zero-order chi connectivity index (χ0) is 28.6.